The maximum absolute atomic E-state index is 13.4. The van der Waals surface area contributed by atoms with Crippen molar-refractivity contribution in [3.8, 4) is 0 Å². The summed E-state index contributed by atoms with van der Waals surface area (Å²) in [6.45, 7) is 0.446. The Morgan fingerprint density at radius 3 is 2.77 bits per heavy atom. The molecular formula is C31H30N4O5. The number of aromatic nitrogens is 1. The van der Waals surface area contributed by atoms with Crippen molar-refractivity contribution in [3.05, 3.63) is 88.6 Å². The highest BCUT2D eigenvalue weighted by Gasteiger charge is 2.51. The molecule has 0 bridgehead atoms. The molecule has 0 saturated carbocycles. The number of hydrogen-bond donors (Lipinski definition) is 2. The van der Waals surface area contributed by atoms with Crippen LogP contribution in [0.3, 0.4) is 0 Å². The molecule has 3 amide bonds. The van der Waals surface area contributed by atoms with Gasteiger partial charge in [-0.05, 0) is 67.0 Å². The van der Waals surface area contributed by atoms with Crippen LogP contribution in [0.1, 0.15) is 51.9 Å². The predicted molar refractivity (Wildman–Crippen MR) is 148 cm³/mol. The summed E-state index contributed by atoms with van der Waals surface area (Å²) < 4.78 is 5.72. The average Bonchev–Trinajstić information content (AvgIpc) is 3.49. The van der Waals surface area contributed by atoms with E-state index in [1.165, 1.54) is 4.90 Å². The maximum Gasteiger partial charge on any atom is 0.252 e. The van der Waals surface area contributed by atoms with Crippen molar-refractivity contribution in [1.82, 2.24) is 9.88 Å². The molecule has 3 heterocycles. The first-order valence-corrected chi connectivity index (χ1v) is 13.6. The molecule has 1 aromatic heterocycles. The van der Waals surface area contributed by atoms with E-state index in [0.29, 0.717) is 48.5 Å². The molecule has 2 atom stereocenters. The molecular weight excluding hydrogens is 508 g/mol. The number of rotatable bonds is 7. The minimum Gasteiger partial charge on any atom is -0.368 e. The van der Waals surface area contributed by atoms with Gasteiger partial charge in [-0.3, -0.25) is 19.2 Å². The van der Waals surface area contributed by atoms with Gasteiger partial charge in [0.05, 0.1) is 5.41 Å². The van der Waals surface area contributed by atoms with Gasteiger partial charge < -0.3 is 20.3 Å². The topological polar surface area (TPSA) is 118 Å². The van der Waals surface area contributed by atoms with Crippen LogP contribution in [0.15, 0.2) is 60.8 Å². The number of anilines is 2. The Morgan fingerprint density at radius 1 is 1.10 bits per heavy atom. The Hall–Kier alpha value is -4.37. The molecule has 40 heavy (non-hydrogen) atoms. The Labute approximate surface area is 231 Å². The third-order valence-electron chi connectivity index (χ3n) is 8.11. The highest BCUT2D eigenvalue weighted by Crippen LogP contribution is 2.46. The Kier molecular flexibility index (Phi) is 6.89. The molecule has 3 aliphatic rings. The fourth-order valence-corrected chi connectivity index (χ4v) is 6.07. The number of aldehydes is 1. The van der Waals surface area contributed by atoms with Gasteiger partial charge in [0.1, 0.15) is 24.8 Å². The predicted octanol–water partition coefficient (Wildman–Crippen LogP) is 3.42. The fourth-order valence-electron chi connectivity index (χ4n) is 6.07. The fraction of sp³-hybridized carbons (Fsp3) is 0.323. The molecule has 1 aliphatic carbocycles. The third kappa shape index (κ3) is 4.77. The monoisotopic (exact) mass is 538 g/mol. The molecule has 1 fully saturated rings. The number of benzene rings is 2. The van der Waals surface area contributed by atoms with Gasteiger partial charge in [0, 0.05) is 36.2 Å². The molecule has 204 valence electrons. The van der Waals surface area contributed by atoms with Gasteiger partial charge in [-0.1, -0.05) is 36.4 Å². The highest BCUT2D eigenvalue weighted by molar-refractivity contribution is 6.06. The lowest BCUT2D eigenvalue weighted by Crippen LogP contribution is -2.45. The second-order valence-electron chi connectivity index (χ2n) is 10.7. The summed E-state index contributed by atoms with van der Waals surface area (Å²) in [5.41, 5.74) is 4.00. The lowest BCUT2D eigenvalue weighted by Gasteiger charge is -2.29. The molecule has 1 spiro atoms. The van der Waals surface area contributed by atoms with E-state index in [9.17, 15) is 19.2 Å². The van der Waals surface area contributed by atoms with Gasteiger partial charge in [0.25, 0.3) is 5.91 Å². The SMILES string of the molecule is O=Cc1ccccc1CN(CC(=O)Nc1ccc2c(c1)CC1(C2)C(=O)Nc2ncccc21)C(=O)C1CCCCO1. The molecule has 0 radical (unpaired) electrons. The smallest absolute Gasteiger partial charge is 0.252 e. The van der Waals surface area contributed by atoms with Crippen molar-refractivity contribution >= 4 is 35.5 Å². The van der Waals surface area contributed by atoms with Gasteiger partial charge in [-0.25, -0.2) is 4.98 Å². The number of carbonyl (C=O) groups excluding carboxylic acids is 4. The Morgan fingerprint density at radius 2 is 1.95 bits per heavy atom. The zero-order valence-electron chi connectivity index (χ0n) is 22.0. The third-order valence-corrected chi connectivity index (χ3v) is 8.11. The first-order valence-electron chi connectivity index (χ1n) is 13.6. The summed E-state index contributed by atoms with van der Waals surface area (Å²) in [5.74, 6) is -0.0612. The first-order chi connectivity index (χ1) is 19.5. The number of amides is 3. The standard InChI is InChI=1S/C31H30N4O5/c36-19-22-7-2-1-6-21(22)17-35(29(38)26-9-3-4-13-40-26)18-27(37)33-24-11-10-20-15-31(16-23(20)14-24)25-8-5-12-32-28(25)34-30(31)39/h1-2,5-8,10-12,14,19,26H,3-4,9,13,15-18H2,(H,33,37)(H,32,34,39). The second-order valence-corrected chi connectivity index (χ2v) is 10.7. The summed E-state index contributed by atoms with van der Waals surface area (Å²) >= 11 is 0. The molecule has 6 rings (SSSR count). The largest absolute Gasteiger partial charge is 0.368 e. The maximum atomic E-state index is 13.4. The lowest BCUT2D eigenvalue weighted by molar-refractivity contribution is -0.148. The van der Waals surface area contributed by atoms with Gasteiger partial charge >= 0.3 is 0 Å². The van der Waals surface area contributed by atoms with Crippen molar-refractivity contribution in [1.29, 1.82) is 0 Å². The molecule has 2 aliphatic heterocycles. The van der Waals surface area contributed by atoms with E-state index in [0.717, 1.165) is 35.8 Å². The van der Waals surface area contributed by atoms with Gasteiger partial charge in [-0.2, -0.15) is 0 Å². The molecule has 2 aromatic carbocycles. The van der Waals surface area contributed by atoms with Gasteiger partial charge in [0.15, 0.2) is 0 Å². The van der Waals surface area contributed by atoms with E-state index in [1.54, 1.807) is 30.5 Å². The van der Waals surface area contributed by atoms with Crippen molar-refractivity contribution < 1.29 is 23.9 Å². The van der Waals surface area contributed by atoms with Crippen LogP contribution >= 0.6 is 0 Å². The van der Waals surface area contributed by atoms with Crippen molar-refractivity contribution in [3.63, 3.8) is 0 Å². The van der Waals surface area contributed by atoms with Crippen molar-refractivity contribution in [2.45, 2.75) is 50.2 Å². The average molecular weight is 539 g/mol. The van der Waals surface area contributed by atoms with Crippen molar-refractivity contribution in [2.24, 2.45) is 0 Å². The van der Waals surface area contributed by atoms with Gasteiger partial charge in [-0.15, -0.1) is 0 Å². The van der Waals surface area contributed by atoms with E-state index >= 15 is 0 Å². The number of carbonyl (C=O) groups is 4. The summed E-state index contributed by atoms with van der Waals surface area (Å²) in [5, 5.41) is 5.84. The molecule has 2 N–H and O–H groups in total. The van der Waals surface area contributed by atoms with Crippen LogP contribution in [0.4, 0.5) is 11.5 Å². The Balaban J connectivity index is 1.19. The normalized spacial score (nSPS) is 20.9. The summed E-state index contributed by atoms with van der Waals surface area (Å²) in [4.78, 5) is 57.0. The van der Waals surface area contributed by atoms with E-state index in [2.05, 4.69) is 15.6 Å². The second kappa shape index (κ2) is 10.7. The summed E-state index contributed by atoms with van der Waals surface area (Å²) in [7, 11) is 0. The molecule has 1 saturated heterocycles. The summed E-state index contributed by atoms with van der Waals surface area (Å²) in [6.07, 6.45) is 5.30. The van der Waals surface area contributed by atoms with Crippen LogP contribution in [0.2, 0.25) is 0 Å². The van der Waals surface area contributed by atoms with E-state index in [4.69, 9.17) is 4.74 Å². The van der Waals surface area contributed by atoms with Gasteiger partial charge in [0.2, 0.25) is 11.8 Å². The van der Waals surface area contributed by atoms with Crippen LogP contribution in [-0.2, 0) is 43.9 Å². The molecule has 3 aromatic rings. The summed E-state index contributed by atoms with van der Waals surface area (Å²) in [6, 6.07) is 16.5. The minimum atomic E-state index is -0.691. The number of pyridine rings is 1. The van der Waals surface area contributed by atoms with Crippen LogP contribution in [0, 0.1) is 0 Å². The van der Waals surface area contributed by atoms with E-state index < -0.39 is 11.5 Å². The first kappa shape index (κ1) is 25.9. The van der Waals surface area contributed by atoms with Crippen molar-refractivity contribution in [2.75, 3.05) is 23.8 Å². The number of hydrogen-bond acceptors (Lipinski definition) is 6. The zero-order valence-corrected chi connectivity index (χ0v) is 22.0. The Bertz CT molecular complexity index is 1500. The lowest BCUT2D eigenvalue weighted by atomic mass is 9.79. The number of nitrogens with one attached hydrogen (secondary N) is 2. The number of nitrogens with zero attached hydrogens (tertiary/aromatic N) is 2. The van der Waals surface area contributed by atoms with Crippen LogP contribution in [0.5, 0.6) is 0 Å². The molecule has 9 heteroatoms. The van der Waals surface area contributed by atoms with Crippen LogP contribution < -0.4 is 10.6 Å². The quantitative estimate of drug-likeness (QED) is 0.445. The highest BCUT2D eigenvalue weighted by atomic mass is 16.5. The van der Waals surface area contributed by atoms with Crippen LogP contribution in [-0.4, -0.2) is 53.1 Å². The molecule has 2 unspecified atom stereocenters. The number of ether oxygens (including phenoxy) is 1. The number of fused-ring (bicyclic) bond motifs is 3. The molecule has 9 nitrogen and oxygen atoms in total. The van der Waals surface area contributed by atoms with Crippen LogP contribution in [0.25, 0.3) is 0 Å². The van der Waals surface area contributed by atoms with E-state index in [-0.39, 0.29) is 30.8 Å². The zero-order chi connectivity index (χ0) is 27.7. The minimum absolute atomic E-state index is 0.0577. The van der Waals surface area contributed by atoms with E-state index in [1.807, 2.05) is 30.3 Å².